The van der Waals surface area contributed by atoms with Crippen LogP contribution in [0.1, 0.15) is 13.3 Å². The van der Waals surface area contributed by atoms with Crippen molar-refractivity contribution in [1.29, 1.82) is 0 Å². The Morgan fingerprint density at radius 2 is 2.38 bits per heavy atom. The summed E-state index contributed by atoms with van der Waals surface area (Å²) >= 11 is 1.74. The highest BCUT2D eigenvalue weighted by Gasteiger charge is 2.25. The summed E-state index contributed by atoms with van der Waals surface area (Å²) in [6, 6.07) is -0.389. The molecule has 16 heavy (non-hydrogen) atoms. The second kappa shape index (κ2) is 6.58. The van der Waals surface area contributed by atoms with Crippen molar-refractivity contribution in [2.24, 2.45) is 0 Å². The van der Waals surface area contributed by atoms with Crippen LogP contribution in [0, 0.1) is 0 Å². The van der Waals surface area contributed by atoms with Gasteiger partial charge in [0, 0.05) is 31.0 Å². The first-order valence-corrected chi connectivity index (χ1v) is 6.57. The van der Waals surface area contributed by atoms with Crippen molar-refractivity contribution < 1.29 is 9.59 Å². The quantitative estimate of drug-likeness (QED) is 0.568. The molecular formula is C11H18N2O2S. The number of rotatable bonds is 5. The molecule has 1 unspecified atom stereocenters. The van der Waals surface area contributed by atoms with Gasteiger partial charge in [-0.05, 0) is 6.92 Å². The summed E-state index contributed by atoms with van der Waals surface area (Å²) in [5, 5.41) is 2.67. The number of nitrogens with zero attached hydrogens (tertiary/aromatic N) is 1. The first-order valence-electron chi connectivity index (χ1n) is 5.42. The number of hydrogen-bond acceptors (Lipinski definition) is 3. The van der Waals surface area contributed by atoms with Crippen molar-refractivity contribution >= 4 is 23.6 Å². The predicted octanol–water partition coefficient (Wildman–Crippen LogP) is 0.643. The van der Waals surface area contributed by atoms with Gasteiger partial charge in [-0.3, -0.25) is 9.59 Å². The van der Waals surface area contributed by atoms with E-state index >= 15 is 0 Å². The normalized spacial score (nSPS) is 21.6. The van der Waals surface area contributed by atoms with Gasteiger partial charge in [-0.2, -0.15) is 11.8 Å². The van der Waals surface area contributed by atoms with E-state index < -0.39 is 0 Å². The maximum absolute atomic E-state index is 11.8. The Bertz CT molecular complexity index is 281. The third-order valence-electron chi connectivity index (χ3n) is 2.41. The van der Waals surface area contributed by atoms with Crippen molar-refractivity contribution in [3.05, 3.63) is 12.7 Å². The van der Waals surface area contributed by atoms with Gasteiger partial charge in [0.05, 0.1) is 0 Å². The molecule has 0 aliphatic carbocycles. The molecule has 1 N–H and O–H groups in total. The molecule has 0 spiro atoms. The minimum absolute atomic E-state index is 0.0186. The summed E-state index contributed by atoms with van der Waals surface area (Å²) in [6.07, 6.45) is 2.25. The van der Waals surface area contributed by atoms with E-state index in [4.69, 9.17) is 0 Å². The first kappa shape index (κ1) is 13.1. The molecule has 2 amide bonds. The third kappa shape index (κ3) is 3.89. The van der Waals surface area contributed by atoms with E-state index in [1.54, 1.807) is 23.6 Å². The fraction of sp³-hybridized carbons (Fsp3) is 0.636. The number of amides is 2. The molecule has 0 aromatic carbocycles. The minimum atomic E-state index is -0.389. The molecule has 0 aromatic rings. The lowest BCUT2D eigenvalue weighted by Gasteiger charge is -2.21. The van der Waals surface area contributed by atoms with Crippen molar-refractivity contribution in [2.75, 3.05) is 24.6 Å². The Balaban J connectivity index is 2.41. The van der Waals surface area contributed by atoms with E-state index in [2.05, 4.69) is 11.9 Å². The summed E-state index contributed by atoms with van der Waals surface area (Å²) in [7, 11) is 0. The average Bonchev–Trinajstić information content (AvgIpc) is 2.37. The number of hydrogen-bond donors (Lipinski definition) is 1. The van der Waals surface area contributed by atoms with Crippen LogP contribution in [0.15, 0.2) is 12.7 Å². The second-order valence-corrected chi connectivity index (χ2v) is 4.88. The van der Waals surface area contributed by atoms with E-state index in [9.17, 15) is 9.59 Å². The molecule has 1 rings (SSSR count). The summed E-state index contributed by atoms with van der Waals surface area (Å²) in [6.45, 7) is 6.61. The molecule has 4 nitrogen and oxygen atoms in total. The zero-order valence-corrected chi connectivity index (χ0v) is 10.4. The Morgan fingerprint density at radius 1 is 1.62 bits per heavy atom. The van der Waals surface area contributed by atoms with Gasteiger partial charge in [0.25, 0.3) is 0 Å². The molecule has 0 saturated carbocycles. The summed E-state index contributed by atoms with van der Waals surface area (Å²) in [5.41, 5.74) is 0. The highest BCUT2D eigenvalue weighted by molar-refractivity contribution is 7.99. The van der Waals surface area contributed by atoms with Crippen molar-refractivity contribution in [3.8, 4) is 0 Å². The minimum Gasteiger partial charge on any atom is -0.345 e. The second-order valence-electron chi connectivity index (χ2n) is 3.73. The van der Waals surface area contributed by atoms with E-state index in [0.717, 1.165) is 11.5 Å². The molecule has 0 aromatic heterocycles. The number of thioether (sulfide) groups is 1. The van der Waals surface area contributed by atoms with Crippen LogP contribution in [0.4, 0.5) is 0 Å². The van der Waals surface area contributed by atoms with Crippen LogP contribution in [0.5, 0.6) is 0 Å². The zero-order valence-electron chi connectivity index (χ0n) is 9.57. The van der Waals surface area contributed by atoms with E-state index in [0.29, 0.717) is 19.5 Å². The lowest BCUT2D eigenvalue weighted by atomic mass is 10.3. The smallest absolute Gasteiger partial charge is 0.244 e. The monoisotopic (exact) mass is 242 g/mol. The molecule has 1 aliphatic heterocycles. The first-order chi connectivity index (χ1) is 7.65. The van der Waals surface area contributed by atoms with E-state index in [1.807, 2.05) is 6.08 Å². The predicted molar refractivity (Wildman–Crippen MR) is 66.3 cm³/mol. The van der Waals surface area contributed by atoms with Crippen LogP contribution in [0.2, 0.25) is 0 Å². The van der Waals surface area contributed by atoms with E-state index in [1.165, 1.54) is 0 Å². The third-order valence-corrected chi connectivity index (χ3v) is 3.35. The Kier molecular flexibility index (Phi) is 5.38. The molecule has 1 heterocycles. The van der Waals surface area contributed by atoms with Crippen molar-refractivity contribution in [2.45, 2.75) is 19.4 Å². The Labute approximate surface area is 100 Å². The lowest BCUT2D eigenvalue weighted by Crippen LogP contribution is -2.43. The average molecular weight is 242 g/mol. The van der Waals surface area contributed by atoms with Crippen LogP contribution in [-0.2, 0) is 9.59 Å². The fourth-order valence-corrected chi connectivity index (χ4v) is 2.24. The van der Waals surface area contributed by atoms with Gasteiger partial charge in [-0.1, -0.05) is 6.08 Å². The largest absolute Gasteiger partial charge is 0.345 e. The SMILES string of the molecule is C=CCSCCN1CCC(=O)NC(C)C1=O. The molecule has 1 saturated heterocycles. The molecule has 1 aliphatic rings. The zero-order chi connectivity index (χ0) is 12.0. The highest BCUT2D eigenvalue weighted by atomic mass is 32.2. The van der Waals surface area contributed by atoms with Gasteiger partial charge in [0.15, 0.2) is 0 Å². The lowest BCUT2D eigenvalue weighted by molar-refractivity contribution is -0.132. The van der Waals surface area contributed by atoms with Gasteiger partial charge in [0.1, 0.15) is 6.04 Å². The molecule has 90 valence electrons. The molecule has 0 bridgehead atoms. The molecule has 1 atom stereocenters. The summed E-state index contributed by atoms with van der Waals surface area (Å²) in [4.78, 5) is 24.9. The van der Waals surface area contributed by atoms with Crippen LogP contribution in [0.25, 0.3) is 0 Å². The summed E-state index contributed by atoms with van der Waals surface area (Å²) in [5.74, 6) is 1.76. The number of nitrogens with one attached hydrogen (secondary N) is 1. The van der Waals surface area contributed by atoms with Gasteiger partial charge >= 0.3 is 0 Å². The molecule has 5 heteroatoms. The Morgan fingerprint density at radius 3 is 3.06 bits per heavy atom. The number of carbonyl (C=O) groups excluding carboxylic acids is 2. The van der Waals surface area contributed by atoms with Crippen LogP contribution in [-0.4, -0.2) is 47.4 Å². The van der Waals surface area contributed by atoms with Crippen molar-refractivity contribution in [3.63, 3.8) is 0 Å². The molecule has 1 fully saturated rings. The summed E-state index contributed by atoms with van der Waals surface area (Å²) < 4.78 is 0. The number of carbonyl (C=O) groups is 2. The van der Waals surface area contributed by atoms with Crippen LogP contribution in [0.3, 0.4) is 0 Å². The van der Waals surface area contributed by atoms with Crippen LogP contribution >= 0.6 is 11.8 Å². The van der Waals surface area contributed by atoms with Gasteiger partial charge in [0.2, 0.25) is 11.8 Å². The molecule has 0 radical (unpaired) electrons. The maximum atomic E-state index is 11.8. The topological polar surface area (TPSA) is 49.4 Å². The van der Waals surface area contributed by atoms with Gasteiger partial charge in [-0.15, -0.1) is 6.58 Å². The van der Waals surface area contributed by atoms with Gasteiger partial charge < -0.3 is 10.2 Å². The standard InChI is InChI=1S/C11H18N2O2S/c1-3-7-16-8-6-13-5-4-10(14)12-9(2)11(13)15/h3,9H,1,4-8H2,2H3,(H,12,14). The van der Waals surface area contributed by atoms with Crippen LogP contribution < -0.4 is 5.32 Å². The van der Waals surface area contributed by atoms with E-state index in [-0.39, 0.29) is 17.9 Å². The fourth-order valence-electron chi connectivity index (χ4n) is 1.56. The van der Waals surface area contributed by atoms with Crippen molar-refractivity contribution in [1.82, 2.24) is 10.2 Å². The van der Waals surface area contributed by atoms with Gasteiger partial charge in [-0.25, -0.2) is 0 Å². The Hall–Kier alpha value is -0.970. The maximum Gasteiger partial charge on any atom is 0.244 e. The molecular weight excluding hydrogens is 224 g/mol. The highest BCUT2D eigenvalue weighted by Crippen LogP contribution is 2.06.